The molecule has 1 aromatic rings. The highest BCUT2D eigenvalue weighted by molar-refractivity contribution is 8.00. The predicted molar refractivity (Wildman–Crippen MR) is 86.1 cm³/mol. The van der Waals surface area contributed by atoms with Gasteiger partial charge in [0.2, 0.25) is 10.0 Å². The molecule has 0 bridgehead atoms. The Kier molecular flexibility index (Phi) is 5.34. The number of hydrogen-bond acceptors (Lipinski definition) is 5. The monoisotopic (exact) mass is 332 g/mol. The van der Waals surface area contributed by atoms with E-state index in [1.54, 1.807) is 15.2 Å². The summed E-state index contributed by atoms with van der Waals surface area (Å²) in [5, 5.41) is 7.15. The van der Waals surface area contributed by atoms with Gasteiger partial charge in [-0.25, -0.2) is 8.42 Å². The van der Waals surface area contributed by atoms with Gasteiger partial charge in [0.15, 0.2) is 0 Å². The van der Waals surface area contributed by atoms with E-state index in [2.05, 4.69) is 24.3 Å². The molecule has 0 unspecified atom stereocenters. The molecule has 1 aromatic heterocycles. The van der Waals surface area contributed by atoms with Crippen LogP contribution in [0.15, 0.2) is 17.3 Å². The Balaban J connectivity index is 2.12. The second kappa shape index (κ2) is 6.68. The van der Waals surface area contributed by atoms with Crippen molar-refractivity contribution in [1.82, 2.24) is 19.4 Å². The largest absolute Gasteiger partial charge is 0.318 e. The average Bonchev–Trinajstić information content (AvgIpc) is 2.81. The van der Waals surface area contributed by atoms with E-state index in [1.165, 1.54) is 6.20 Å². The lowest BCUT2D eigenvalue weighted by Gasteiger charge is -2.22. The van der Waals surface area contributed by atoms with Crippen molar-refractivity contribution < 1.29 is 8.42 Å². The molecule has 0 spiro atoms. The summed E-state index contributed by atoms with van der Waals surface area (Å²) in [4.78, 5) is 0.295. The molecule has 2 rings (SSSR count). The molecule has 0 aromatic carbocycles. The van der Waals surface area contributed by atoms with Crippen molar-refractivity contribution in [2.75, 3.05) is 32.4 Å². The number of likely N-dealkylation sites (N-methyl/N-ethyl adjacent to an activating group) is 1. The highest BCUT2D eigenvalue weighted by atomic mass is 32.2. The van der Waals surface area contributed by atoms with E-state index < -0.39 is 10.0 Å². The highest BCUT2D eigenvalue weighted by Gasteiger charge is 2.31. The van der Waals surface area contributed by atoms with Crippen LogP contribution in [0.25, 0.3) is 0 Å². The molecule has 1 N–H and O–H groups in total. The molecule has 6 nitrogen and oxygen atoms in total. The van der Waals surface area contributed by atoms with Crippen LogP contribution in [-0.4, -0.2) is 59.7 Å². The summed E-state index contributed by atoms with van der Waals surface area (Å²) in [6.45, 7) is 6.90. The zero-order valence-electron chi connectivity index (χ0n) is 12.9. The Morgan fingerprint density at radius 1 is 1.43 bits per heavy atom. The van der Waals surface area contributed by atoms with Crippen LogP contribution in [0.3, 0.4) is 0 Å². The Morgan fingerprint density at radius 3 is 2.90 bits per heavy atom. The van der Waals surface area contributed by atoms with E-state index in [1.807, 2.05) is 18.8 Å². The molecule has 0 atom stereocenters. The van der Waals surface area contributed by atoms with Gasteiger partial charge in [0.05, 0.1) is 12.7 Å². The first kappa shape index (κ1) is 16.8. The van der Waals surface area contributed by atoms with Gasteiger partial charge in [0.25, 0.3) is 0 Å². The molecule has 21 heavy (non-hydrogen) atoms. The second-order valence-corrected chi connectivity index (χ2v) is 9.54. The third-order valence-corrected chi connectivity index (χ3v) is 6.86. The van der Waals surface area contributed by atoms with Crippen LogP contribution < -0.4 is 5.32 Å². The van der Waals surface area contributed by atoms with Crippen LogP contribution in [0.1, 0.15) is 20.3 Å². The molecule has 1 aliphatic rings. The van der Waals surface area contributed by atoms with Crippen molar-refractivity contribution in [2.24, 2.45) is 0 Å². The SMILES string of the molecule is CNCCn1cc(S(=O)(=O)N2CCSC(C)(C)CC2)cn1. The van der Waals surface area contributed by atoms with Crippen molar-refractivity contribution >= 4 is 21.8 Å². The van der Waals surface area contributed by atoms with Crippen molar-refractivity contribution in [1.29, 1.82) is 0 Å². The fraction of sp³-hybridized carbons (Fsp3) is 0.769. The van der Waals surface area contributed by atoms with Crippen LogP contribution in [0.4, 0.5) is 0 Å². The number of sulfonamides is 1. The van der Waals surface area contributed by atoms with Crippen LogP contribution in [0, 0.1) is 0 Å². The fourth-order valence-electron chi connectivity index (χ4n) is 2.22. The molecule has 0 aliphatic carbocycles. The van der Waals surface area contributed by atoms with E-state index in [4.69, 9.17) is 0 Å². The normalized spacial score (nSPS) is 20.3. The Morgan fingerprint density at radius 2 is 2.19 bits per heavy atom. The lowest BCUT2D eigenvalue weighted by Crippen LogP contribution is -2.33. The lowest BCUT2D eigenvalue weighted by molar-refractivity contribution is 0.415. The van der Waals surface area contributed by atoms with E-state index in [0.717, 1.165) is 18.7 Å². The third kappa shape index (κ3) is 4.21. The van der Waals surface area contributed by atoms with Gasteiger partial charge in [0, 0.05) is 36.3 Å². The summed E-state index contributed by atoms with van der Waals surface area (Å²) in [7, 11) is -1.56. The van der Waals surface area contributed by atoms with Gasteiger partial charge < -0.3 is 5.32 Å². The van der Waals surface area contributed by atoms with Gasteiger partial charge in [-0.15, -0.1) is 0 Å². The number of nitrogens with zero attached hydrogens (tertiary/aromatic N) is 3. The van der Waals surface area contributed by atoms with Crippen molar-refractivity contribution in [3.8, 4) is 0 Å². The van der Waals surface area contributed by atoms with E-state index in [9.17, 15) is 8.42 Å². The minimum absolute atomic E-state index is 0.140. The van der Waals surface area contributed by atoms with Crippen LogP contribution >= 0.6 is 11.8 Å². The summed E-state index contributed by atoms with van der Waals surface area (Å²) >= 11 is 1.84. The van der Waals surface area contributed by atoms with Gasteiger partial charge in [-0.1, -0.05) is 13.8 Å². The smallest absolute Gasteiger partial charge is 0.246 e. The maximum atomic E-state index is 12.7. The molecule has 2 heterocycles. The summed E-state index contributed by atoms with van der Waals surface area (Å²) in [5.74, 6) is 0.833. The van der Waals surface area contributed by atoms with Gasteiger partial charge in [-0.3, -0.25) is 4.68 Å². The molecule has 1 saturated heterocycles. The molecule has 120 valence electrons. The van der Waals surface area contributed by atoms with Gasteiger partial charge in [-0.2, -0.15) is 21.2 Å². The molecule has 1 fully saturated rings. The van der Waals surface area contributed by atoms with Gasteiger partial charge in [-0.05, 0) is 13.5 Å². The van der Waals surface area contributed by atoms with Gasteiger partial charge in [0.1, 0.15) is 4.90 Å². The number of hydrogen-bond donors (Lipinski definition) is 1. The third-order valence-electron chi connectivity index (χ3n) is 3.63. The molecular formula is C13H24N4O2S2. The Bertz CT molecular complexity index is 568. The number of nitrogens with one attached hydrogen (secondary N) is 1. The predicted octanol–water partition coefficient (Wildman–Crippen LogP) is 1.01. The number of aromatic nitrogens is 2. The first-order valence-corrected chi connectivity index (χ1v) is 9.59. The zero-order valence-corrected chi connectivity index (χ0v) is 14.5. The summed E-state index contributed by atoms with van der Waals surface area (Å²) in [6.07, 6.45) is 3.94. The van der Waals surface area contributed by atoms with E-state index in [-0.39, 0.29) is 4.75 Å². The molecule has 0 radical (unpaired) electrons. The maximum absolute atomic E-state index is 12.7. The molecule has 0 saturated carbocycles. The van der Waals surface area contributed by atoms with Crippen molar-refractivity contribution in [2.45, 2.75) is 36.5 Å². The summed E-state index contributed by atoms with van der Waals surface area (Å²) in [5.41, 5.74) is 0. The standard InChI is InChI=1S/C13H24N4O2S2/c1-13(2)4-6-17(8-9-20-13)21(18,19)12-10-15-16(11-12)7-5-14-3/h10-11,14H,4-9H2,1-3H3. The molecule has 1 aliphatic heterocycles. The van der Waals surface area contributed by atoms with E-state index in [0.29, 0.717) is 24.5 Å². The minimum atomic E-state index is -3.42. The quantitative estimate of drug-likeness (QED) is 0.872. The summed E-state index contributed by atoms with van der Waals surface area (Å²) < 4.78 is 28.8. The fourth-order valence-corrected chi connectivity index (χ4v) is 4.83. The highest BCUT2D eigenvalue weighted by Crippen LogP contribution is 2.32. The molecular weight excluding hydrogens is 308 g/mol. The number of thioether (sulfide) groups is 1. The second-order valence-electron chi connectivity index (χ2n) is 5.80. The Labute approximate surface area is 131 Å². The zero-order chi connectivity index (χ0) is 15.5. The molecule has 8 heteroatoms. The van der Waals surface area contributed by atoms with Gasteiger partial charge >= 0.3 is 0 Å². The summed E-state index contributed by atoms with van der Waals surface area (Å²) in [6, 6.07) is 0. The maximum Gasteiger partial charge on any atom is 0.246 e. The lowest BCUT2D eigenvalue weighted by atomic mass is 10.1. The minimum Gasteiger partial charge on any atom is -0.318 e. The number of rotatable bonds is 5. The first-order valence-electron chi connectivity index (χ1n) is 7.16. The topological polar surface area (TPSA) is 67.2 Å². The van der Waals surface area contributed by atoms with E-state index >= 15 is 0 Å². The van der Waals surface area contributed by atoms with Crippen LogP contribution in [0.2, 0.25) is 0 Å². The van der Waals surface area contributed by atoms with Crippen LogP contribution in [0.5, 0.6) is 0 Å². The van der Waals surface area contributed by atoms with Crippen molar-refractivity contribution in [3.05, 3.63) is 12.4 Å². The average molecular weight is 332 g/mol. The molecule has 0 amide bonds. The first-order chi connectivity index (χ1) is 9.85. The Hall–Kier alpha value is -0.570. The van der Waals surface area contributed by atoms with Crippen LogP contribution in [-0.2, 0) is 16.6 Å². The van der Waals surface area contributed by atoms with Crippen molar-refractivity contribution in [3.63, 3.8) is 0 Å².